The van der Waals surface area contributed by atoms with Crippen LogP contribution in [0.1, 0.15) is 6.42 Å². The van der Waals surface area contributed by atoms with Crippen molar-refractivity contribution in [1.82, 2.24) is 9.80 Å². The molecule has 0 aromatic carbocycles. The molecular weight excluding hydrogens is 166 g/mol. The number of rotatable bonds is 2. The van der Waals surface area contributed by atoms with Gasteiger partial charge in [0.15, 0.2) is 0 Å². The van der Waals surface area contributed by atoms with E-state index >= 15 is 0 Å². The van der Waals surface area contributed by atoms with E-state index in [0.29, 0.717) is 5.84 Å². The molecule has 4 N–H and O–H groups in total. The molecule has 0 aliphatic carbocycles. The second-order valence-electron chi connectivity index (χ2n) is 3.44. The van der Waals surface area contributed by atoms with E-state index in [1.807, 2.05) is 4.90 Å². The third-order valence-electron chi connectivity index (χ3n) is 2.24. The minimum absolute atomic E-state index is 0.0731. The molecule has 1 saturated heterocycles. The second kappa shape index (κ2) is 4.23. The highest BCUT2D eigenvalue weighted by atomic mass is 15.3. The number of amidine groups is 2. The summed E-state index contributed by atoms with van der Waals surface area (Å²) >= 11 is 0. The van der Waals surface area contributed by atoms with Gasteiger partial charge in [-0.05, 0) is 7.05 Å². The first kappa shape index (κ1) is 9.98. The number of piperazine rings is 1. The first-order valence-electron chi connectivity index (χ1n) is 4.43. The van der Waals surface area contributed by atoms with E-state index in [1.165, 1.54) is 0 Å². The Balaban J connectivity index is 2.36. The smallest absolute Gasteiger partial charge is 0.103 e. The lowest BCUT2D eigenvalue weighted by Crippen LogP contribution is -2.47. The molecule has 1 aliphatic heterocycles. The van der Waals surface area contributed by atoms with Crippen LogP contribution in [0.3, 0.4) is 0 Å². The average Bonchev–Trinajstić information content (AvgIpc) is 2.04. The Morgan fingerprint density at radius 3 is 2.23 bits per heavy atom. The van der Waals surface area contributed by atoms with Gasteiger partial charge in [0.25, 0.3) is 0 Å². The molecule has 0 saturated carbocycles. The minimum atomic E-state index is 0.0731. The number of nitrogens with two attached hydrogens (primary N) is 1. The fraction of sp³-hybridized carbons (Fsp3) is 0.750. The number of hydrogen-bond acceptors (Lipinski definition) is 3. The zero-order chi connectivity index (χ0) is 9.84. The van der Waals surface area contributed by atoms with E-state index in [0.717, 1.165) is 26.2 Å². The Kier molecular flexibility index (Phi) is 3.25. The van der Waals surface area contributed by atoms with Crippen molar-refractivity contribution in [2.24, 2.45) is 5.73 Å². The third-order valence-corrected chi connectivity index (χ3v) is 2.24. The molecule has 1 fully saturated rings. The molecule has 0 bridgehead atoms. The van der Waals surface area contributed by atoms with Gasteiger partial charge >= 0.3 is 0 Å². The molecule has 0 amide bonds. The molecule has 1 aliphatic rings. The second-order valence-corrected chi connectivity index (χ2v) is 3.44. The van der Waals surface area contributed by atoms with E-state index in [2.05, 4.69) is 11.9 Å². The number of nitrogens with one attached hydrogen (secondary N) is 2. The van der Waals surface area contributed by atoms with Crippen molar-refractivity contribution in [1.29, 1.82) is 10.8 Å². The normalized spacial score (nSPS) is 18.7. The van der Waals surface area contributed by atoms with Gasteiger partial charge in [-0.15, -0.1) is 0 Å². The van der Waals surface area contributed by atoms with Gasteiger partial charge in [-0.2, -0.15) is 0 Å². The summed E-state index contributed by atoms with van der Waals surface area (Å²) in [5.74, 6) is 0.546. The summed E-state index contributed by atoms with van der Waals surface area (Å²) in [7, 11) is 2.08. The maximum atomic E-state index is 7.67. The lowest BCUT2D eigenvalue weighted by molar-refractivity contribution is 0.213. The van der Waals surface area contributed by atoms with Crippen LogP contribution in [0.15, 0.2) is 0 Å². The Bertz CT molecular complexity index is 205. The van der Waals surface area contributed by atoms with Crippen molar-refractivity contribution in [3.8, 4) is 0 Å². The fourth-order valence-corrected chi connectivity index (χ4v) is 1.37. The monoisotopic (exact) mass is 183 g/mol. The Morgan fingerprint density at radius 1 is 1.23 bits per heavy atom. The maximum Gasteiger partial charge on any atom is 0.103 e. The Hall–Kier alpha value is -1.10. The van der Waals surface area contributed by atoms with Gasteiger partial charge in [-0.3, -0.25) is 10.8 Å². The van der Waals surface area contributed by atoms with Crippen molar-refractivity contribution in [3.05, 3.63) is 0 Å². The first-order chi connectivity index (χ1) is 6.09. The van der Waals surface area contributed by atoms with Gasteiger partial charge in [-0.25, -0.2) is 0 Å². The zero-order valence-electron chi connectivity index (χ0n) is 8.01. The van der Waals surface area contributed by atoms with Crippen LogP contribution in [0.5, 0.6) is 0 Å². The highest BCUT2D eigenvalue weighted by Gasteiger charge is 2.16. The minimum Gasteiger partial charge on any atom is -0.387 e. The molecule has 1 heterocycles. The van der Waals surface area contributed by atoms with Gasteiger partial charge in [-0.1, -0.05) is 0 Å². The van der Waals surface area contributed by atoms with Crippen LogP contribution >= 0.6 is 0 Å². The molecule has 0 atom stereocenters. The van der Waals surface area contributed by atoms with Crippen molar-refractivity contribution >= 4 is 11.7 Å². The summed E-state index contributed by atoms with van der Waals surface area (Å²) in [6.07, 6.45) is 0.281. The molecule has 1 rings (SSSR count). The van der Waals surface area contributed by atoms with Crippen LogP contribution in [0.2, 0.25) is 0 Å². The summed E-state index contributed by atoms with van der Waals surface area (Å²) in [4.78, 5) is 4.22. The quantitative estimate of drug-likeness (QED) is 0.400. The molecule has 0 radical (unpaired) electrons. The van der Waals surface area contributed by atoms with Gasteiger partial charge < -0.3 is 15.5 Å². The van der Waals surface area contributed by atoms with E-state index in [1.54, 1.807) is 0 Å². The molecule has 0 aromatic heterocycles. The third kappa shape index (κ3) is 3.02. The highest BCUT2D eigenvalue weighted by molar-refractivity contribution is 5.98. The van der Waals surface area contributed by atoms with Crippen molar-refractivity contribution in [3.63, 3.8) is 0 Å². The molecule has 5 heteroatoms. The predicted octanol–water partition coefficient (Wildman–Crippen LogP) is -0.463. The largest absolute Gasteiger partial charge is 0.387 e. The molecule has 5 nitrogen and oxygen atoms in total. The lowest BCUT2D eigenvalue weighted by Gasteiger charge is -2.33. The van der Waals surface area contributed by atoms with E-state index in [-0.39, 0.29) is 12.3 Å². The van der Waals surface area contributed by atoms with E-state index in [9.17, 15) is 0 Å². The van der Waals surface area contributed by atoms with Crippen LogP contribution < -0.4 is 5.73 Å². The van der Waals surface area contributed by atoms with E-state index < -0.39 is 0 Å². The topological polar surface area (TPSA) is 80.2 Å². The van der Waals surface area contributed by atoms with Crippen LogP contribution in [0, 0.1) is 10.8 Å². The van der Waals surface area contributed by atoms with Crippen LogP contribution in [-0.2, 0) is 0 Å². The number of hydrogen-bond donors (Lipinski definition) is 3. The number of likely N-dealkylation sites (N-methyl/N-ethyl adjacent to an activating group) is 1. The van der Waals surface area contributed by atoms with Gasteiger partial charge in [0.1, 0.15) is 5.84 Å². The molecule has 0 aromatic rings. The molecule has 0 spiro atoms. The summed E-state index contributed by atoms with van der Waals surface area (Å²) in [5, 5.41) is 14.7. The zero-order valence-corrected chi connectivity index (χ0v) is 8.01. The van der Waals surface area contributed by atoms with Gasteiger partial charge in [0.05, 0.1) is 12.3 Å². The molecule has 13 heavy (non-hydrogen) atoms. The van der Waals surface area contributed by atoms with Crippen molar-refractivity contribution in [2.75, 3.05) is 33.2 Å². The van der Waals surface area contributed by atoms with Crippen LogP contribution in [0.25, 0.3) is 0 Å². The standard InChI is InChI=1S/C8H17N5/c1-12-2-4-13(5-3-12)8(11)6-7(9)10/h11H,2-6H2,1H3,(H3,9,10). The average molecular weight is 183 g/mol. The predicted molar refractivity (Wildman–Crippen MR) is 53.3 cm³/mol. The summed E-state index contributed by atoms with van der Waals surface area (Å²) in [6, 6.07) is 0. The Labute approximate surface area is 78.5 Å². The van der Waals surface area contributed by atoms with E-state index in [4.69, 9.17) is 16.6 Å². The van der Waals surface area contributed by atoms with Crippen molar-refractivity contribution in [2.45, 2.75) is 6.42 Å². The first-order valence-corrected chi connectivity index (χ1v) is 4.43. The van der Waals surface area contributed by atoms with Gasteiger partial charge in [0, 0.05) is 26.2 Å². The molecular formula is C8H17N5. The lowest BCUT2D eigenvalue weighted by atomic mass is 10.2. The summed E-state index contributed by atoms with van der Waals surface area (Å²) < 4.78 is 0. The van der Waals surface area contributed by atoms with Crippen LogP contribution in [0.4, 0.5) is 0 Å². The van der Waals surface area contributed by atoms with Crippen molar-refractivity contribution < 1.29 is 0 Å². The summed E-state index contributed by atoms with van der Waals surface area (Å²) in [5.41, 5.74) is 5.23. The fourth-order valence-electron chi connectivity index (χ4n) is 1.37. The summed E-state index contributed by atoms with van der Waals surface area (Å²) in [6.45, 7) is 3.73. The Morgan fingerprint density at radius 2 is 1.77 bits per heavy atom. The molecule has 74 valence electrons. The number of nitrogens with zero attached hydrogens (tertiary/aromatic N) is 2. The molecule has 0 unspecified atom stereocenters. The maximum absolute atomic E-state index is 7.67. The van der Waals surface area contributed by atoms with Crippen LogP contribution in [-0.4, -0.2) is 54.7 Å². The van der Waals surface area contributed by atoms with Gasteiger partial charge in [0.2, 0.25) is 0 Å². The SMILES string of the molecule is CN1CCN(C(=N)CC(=N)N)CC1. The highest BCUT2D eigenvalue weighted by Crippen LogP contribution is 2.01.